The molecule has 0 amide bonds. The van der Waals surface area contributed by atoms with E-state index in [1.165, 1.54) is 11.6 Å². The highest BCUT2D eigenvalue weighted by atomic mass is 35.5. The number of halogens is 1. The number of esters is 1. The molecule has 0 saturated heterocycles. The summed E-state index contributed by atoms with van der Waals surface area (Å²) in [6, 6.07) is 15.0. The molecule has 5 nitrogen and oxygen atoms in total. The van der Waals surface area contributed by atoms with Gasteiger partial charge in [0.15, 0.2) is 5.76 Å². The molecule has 0 N–H and O–H groups in total. The van der Waals surface area contributed by atoms with Crippen molar-refractivity contribution in [3.8, 4) is 17.1 Å². The van der Waals surface area contributed by atoms with Crippen LogP contribution in [-0.2, 0) is 22.6 Å². The summed E-state index contributed by atoms with van der Waals surface area (Å²) in [4.78, 5) is 11.9. The maximum Gasteiger partial charge on any atom is 0.331 e. The molecule has 142 valence electrons. The van der Waals surface area contributed by atoms with Crippen LogP contribution in [0.4, 0.5) is 0 Å². The van der Waals surface area contributed by atoms with Crippen LogP contribution >= 0.6 is 11.6 Å². The average molecular weight is 396 g/mol. The lowest BCUT2D eigenvalue weighted by Crippen LogP contribution is -2.05. The second kappa shape index (κ2) is 7.90. The van der Waals surface area contributed by atoms with Gasteiger partial charge in [-0.25, -0.2) is 4.79 Å². The molecule has 0 saturated carbocycles. The quantitative estimate of drug-likeness (QED) is 0.445. The summed E-state index contributed by atoms with van der Waals surface area (Å²) in [7, 11) is 0. The van der Waals surface area contributed by atoms with E-state index >= 15 is 0 Å². The van der Waals surface area contributed by atoms with Gasteiger partial charge in [-0.15, -0.1) is 0 Å². The van der Waals surface area contributed by atoms with Crippen LogP contribution in [0.1, 0.15) is 23.7 Å². The van der Waals surface area contributed by atoms with E-state index in [0.717, 1.165) is 23.3 Å². The van der Waals surface area contributed by atoms with E-state index in [1.807, 2.05) is 43.3 Å². The van der Waals surface area contributed by atoms with Crippen LogP contribution in [0.2, 0.25) is 5.02 Å². The third kappa shape index (κ3) is 4.10. The summed E-state index contributed by atoms with van der Waals surface area (Å²) >= 11 is 6.05. The van der Waals surface area contributed by atoms with Crippen molar-refractivity contribution in [2.45, 2.75) is 26.1 Å². The molecule has 6 heteroatoms. The fourth-order valence-corrected chi connectivity index (χ4v) is 3.23. The molecule has 0 fully saturated rings. The van der Waals surface area contributed by atoms with E-state index in [2.05, 4.69) is 5.16 Å². The highest BCUT2D eigenvalue weighted by molar-refractivity contribution is 6.32. The molecule has 2 aromatic carbocycles. The third-order valence-electron chi connectivity index (χ3n) is 4.41. The Labute approximate surface area is 167 Å². The molecule has 1 aromatic heterocycles. The zero-order valence-corrected chi connectivity index (χ0v) is 16.0. The minimum Gasteiger partial charge on any atom is -0.490 e. The van der Waals surface area contributed by atoms with Gasteiger partial charge in [-0.2, -0.15) is 0 Å². The van der Waals surface area contributed by atoms with Crippen molar-refractivity contribution in [3.63, 3.8) is 0 Å². The van der Waals surface area contributed by atoms with Crippen molar-refractivity contribution in [1.29, 1.82) is 0 Å². The number of hydrogen-bond acceptors (Lipinski definition) is 5. The van der Waals surface area contributed by atoms with Crippen molar-refractivity contribution in [3.05, 3.63) is 76.5 Å². The van der Waals surface area contributed by atoms with Crippen molar-refractivity contribution in [1.82, 2.24) is 5.16 Å². The van der Waals surface area contributed by atoms with Crippen molar-refractivity contribution >= 4 is 23.6 Å². The van der Waals surface area contributed by atoms with Gasteiger partial charge in [0.25, 0.3) is 0 Å². The fourth-order valence-electron chi connectivity index (χ4n) is 3.03. The molecule has 1 aliphatic heterocycles. The van der Waals surface area contributed by atoms with E-state index in [-0.39, 0.29) is 12.7 Å². The van der Waals surface area contributed by atoms with Crippen LogP contribution in [0.25, 0.3) is 17.4 Å². The molecule has 3 aromatic rings. The Hall–Kier alpha value is -3.05. The van der Waals surface area contributed by atoms with Gasteiger partial charge in [-0.1, -0.05) is 47.1 Å². The number of ether oxygens (including phenoxy) is 2. The normalized spacial score (nSPS) is 15.4. The number of benzene rings is 2. The van der Waals surface area contributed by atoms with E-state index in [4.69, 9.17) is 25.6 Å². The van der Waals surface area contributed by atoms with Gasteiger partial charge in [0.1, 0.15) is 24.2 Å². The first-order valence-electron chi connectivity index (χ1n) is 8.93. The van der Waals surface area contributed by atoms with Crippen LogP contribution in [0.3, 0.4) is 0 Å². The van der Waals surface area contributed by atoms with Gasteiger partial charge in [-0.3, -0.25) is 0 Å². The Balaban J connectivity index is 1.37. The highest BCUT2D eigenvalue weighted by Crippen LogP contribution is 2.33. The number of hydrogen-bond donors (Lipinski definition) is 0. The minimum absolute atomic E-state index is 0.0215. The Kier molecular flexibility index (Phi) is 5.17. The van der Waals surface area contributed by atoms with E-state index in [9.17, 15) is 4.79 Å². The lowest BCUT2D eigenvalue weighted by molar-refractivity contribution is -0.139. The molecular formula is C22H18ClNO4. The second-order valence-electron chi connectivity index (χ2n) is 6.60. The molecule has 0 spiro atoms. The van der Waals surface area contributed by atoms with E-state index in [1.54, 1.807) is 18.2 Å². The standard InChI is InChI=1S/C22H18ClNO4/c1-14-10-16-6-7-17(11-20(16)27-14)21-12-18(24-28-21)13-26-22(25)9-8-15-4-2-3-5-19(15)23/h2-9,11-12,14H,10,13H2,1H3/b9-8+. The first-order chi connectivity index (χ1) is 13.6. The van der Waals surface area contributed by atoms with Gasteiger partial charge < -0.3 is 14.0 Å². The molecule has 0 bridgehead atoms. The summed E-state index contributed by atoms with van der Waals surface area (Å²) in [6.07, 6.45) is 4.05. The smallest absolute Gasteiger partial charge is 0.331 e. The van der Waals surface area contributed by atoms with Gasteiger partial charge in [0.05, 0.1) is 0 Å². The summed E-state index contributed by atoms with van der Waals surface area (Å²) in [5, 5.41) is 4.54. The maximum absolute atomic E-state index is 11.9. The molecular weight excluding hydrogens is 378 g/mol. The third-order valence-corrected chi connectivity index (χ3v) is 4.76. The van der Waals surface area contributed by atoms with Crippen LogP contribution in [0.15, 0.2) is 59.1 Å². The Morgan fingerprint density at radius 3 is 3.00 bits per heavy atom. The fraction of sp³-hybridized carbons (Fsp3) is 0.182. The number of nitrogens with zero attached hydrogens (tertiary/aromatic N) is 1. The number of fused-ring (bicyclic) bond motifs is 1. The Bertz CT molecular complexity index is 1040. The van der Waals surface area contributed by atoms with E-state index in [0.29, 0.717) is 16.5 Å². The van der Waals surface area contributed by atoms with Crippen molar-refractivity contribution < 1.29 is 18.8 Å². The number of carbonyl (C=O) groups excluding carboxylic acids is 1. The molecule has 1 atom stereocenters. The zero-order valence-electron chi connectivity index (χ0n) is 15.2. The maximum atomic E-state index is 11.9. The number of aromatic nitrogens is 1. The van der Waals surface area contributed by atoms with Crippen LogP contribution < -0.4 is 4.74 Å². The first-order valence-corrected chi connectivity index (χ1v) is 9.31. The Morgan fingerprint density at radius 2 is 2.14 bits per heavy atom. The predicted octanol–water partition coefficient (Wildman–Crippen LogP) is 5.08. The van der Waals surface area contributed by atoms with Gasteiger partial charge in [0.2, 0.25) is 0 Å². The van der Waals surface area contributed by atoms with Crippen LogP contribution in [0, 0.1) is 0 Å². The van der Waals surface area contributed by atoms with Crippen molar-refractivity contribution in [2.75, 3.05) is 0 Å². The summed E-state index contributed by atoms with van der Waals surface area (Å²) in [5.74, 6) is 0.993. The predicted molar refractivity (Wildman–Crippen MR) is 106 cm³/mol. The van der Waals surface area contributed by atoms with Crippen LogP contribution in [-0.4, -0.2) is 17.2 Å². The zero-order chi connectivity index (χ0) is 19.5. The molecule has 0 aliphatic carbocycles. The van der Waals surface area contributed by atoms with Gasteiger partial charge in [-0.05, 0) is 36.3 Å². The Morgan fingerprint density at radius 1 is 1.29 bits per heavy atom. The van der Waals surface area contributed by atoms with Crippen molar-refractivity contribution in [2.24, 2.45) is 0 Å². The van der Waals surface area contributed by atoms with Crippen LogP contribution in [0.5, 0.6) is 5.75 Å². The van der Waals surface area contributed by atoms with Gasteiger partial charge >= 0.3 is 5.97 Å². The summed E-state index contributed by atoms with van der Waals surface area (Å²) in [5.41, 5.74) is 3.34. The SMILES string of the molecule is CC1Cc2ccc(-c3cc(COC(=O)/C=C/c4ccccc4Cl)no3)cc2O1. The lowest BCUT2D eigenvalue weighted by atomic mass is 10.1. The lowest BCUT2D eigenvalue weighted by Gasteiger charge is -2.03. The molecule has 4 rings (SSSR count). The van der Waals surface area contributed by atoms with E-state index < -0.39 is 5.97 Å². The number of carbonyl (C=O) groups is 1. The minimum atomic E-state index is -0.482. The second-order valence-corrected chi connectivity index (χ2v) is 7.01. The number of rotatable bonds is 5. The monoisotopic (exact) mass is 395 g/mol. The highest BCUT2D eigenvalue weighted by Gasteiger charge is 2.20. The average Bonchev–Trinajstić information content (AvgIpc) is 3.30. The molecule has 1 aliphatic rings. The summed E-state index contributed by atoms with van der Waals surface area (Å²) < 4.78 is 16.4. The largest absolute Gasteiger partial charge is 0.490 e. The molecule has 2 heterocycles. The molecule has 28 heavy (non-hydrogen) atoms. The summed E-state index contributed by atoms with van der Waals surface area (Å²) in [6.45, 7) is 2.06. The molecule has 0 radical (unpaired) electrons. The van der Waals surface area contributed by atoms with Gasteiger partial charge in [0, 0.05) is 29.1 Å². The topological polar surface area (TPSA) is 61.6 Å². The molecule has 1 unspecified atom stereocenters. The first kappa shape index (κ1) is 18.3.